The number of nitrogens with zero attached hydrogens (tertiary/aromatic N) is 1. The van der Waals surface area contributed by atoms with E-state index >= 15 is 0 Å². The molecule has 0 radical (unpaired) electrons. The van der Waals surface area contributed by atoms with Gasteiger partial charge in [-0.1, -0.05) is 60.7 Å². The van der Waals surface area contributed by atoms with Crippen LogP contribution in [-0.2, 0) is 0 Å². The minimum absolute atomic E-state index is 0.0829. The summed E-state index contributed by atoms with van der Waals surface area (Å²) in [6.07, 6.45) is 1.70. The van der Waals surface area contributed by atoms with Crippen LogP contribution in [0.3, 0.4) is 0 Å². The van der Waals surface area contributed by atoms with Gasteiger partial charge >= 0.3 is 0 Å². The molecule has 0 fully saturated rings. The van der Waals surface area contributed by atoms with E-state index in [2.05, 4.69) is 10.3 Å². The highest BCUT2D eigenvalue weighted by atomic mass is 16.1. The van der Waals surface area contributed by atoms with Crippen LogP contribution in [0.5, 0.6) is 0 Å². The minimum Gasteiger partial charge on any atom is -0.320 e. The number of rotatable bonds is 4. The zero-order chi connectivity index (χ0) is 19.5. The van der Waals surface area contributed by atoms with Crippen molar-refractivity contribution < 1.29 is 9.59 Å². The molecule has 0 unspecified atom stereocenters. The highest BCUT2D eigenvalue weighted by Gasteiger charge is 2.16. The van der Waals surface area contributed by atoms with Crippen LogP contribution in [-0.4, -0.2) is 16.7 Å². The van der Waals surface area contributed by atoms with Crippen LogP contribution in [0.2, 0.25) is 0 Å². The van der Waals surface area contributed by atoms with Crippen molar-refractivity contribution >= 4 is 28.3 Å². The average molecular weight is 366 g/mol. The molecule has 4 nitrogen and oxygen atoms in total. The van der Waals surface area contributed by atoms with Crippen LogP contribution in [0.25, 0.3) is 22.0 Å². The third-order valence-corrected chi connectivity index (χ3v) is 4.64. The average Bonchev–Trinajstić information content (AvgIpc) is 2.74. The van der Waals surface area contributed by atoms with Gasteiger partial charge in [-0.3, -0.25) is 14.6 Å². The maximum Gasteiger partial charge on any atom is 0.256 e. The van der Waals surface area contributed by atoms with E-state index in [1.165, 1.54) is 6.92 Å². The van der Waals surface area contributed by atoms with Crippen LogP contribution in [0.1, 0.15) is 27.6 Å². The molecule has 3 aromatic carbocycles. The molecule has 0 saturated carbocycles. The molecule has 0 bridgehead atoms. The number of fused-ring (bicyclic) bond motifs is 1. The second-order valence-corrected chi connectivity index (χ2v) is 6.52. The zero-order valence-corrected chi connectivity index (χ0v) is 15.3. The van der Waals surface area contributed by atoms with Gasteiger partial charge in [0.15, 0.2) is 5.78 Å². The maximum absolute atomic E-state index is 13.2. The van der Waals surface area contributed by atoms with Crippen molar-refractivity contribution in [2.75, 3.05) is 5.32 Å². The summed E-state index contributed by atoms with van der Waals surface area (Å²) in [5, 5.41) is 3.91. The number of carbonyl (C=O) groups excluding carboxylic acids is 2. The molecule has 1 amide bonds. The van der Waals surface area contributed by atoms with E-state index in [0.717, 1.165) is 22.0 Å². The Labute approximate surface area is 162 Å². The van der Waals surface area contributed by atoms with Crippen LogP contribution in [0, 0.1) is 0 Å². The number of amides is 1. The Morgan fingerprint density at radius 3 is 2.43 bits per heavy atom. The summed E-state index contributed by atoms with van der Waals surface area (Å²) in [7, 11) is 0. The molecule has 1 N–H and O–H groups in total. The number of Topliss-reactive ketones (excluding diaryl/α,β-unsaturated/α-hetero) is 1. The van der Waals surface area contributed by atoms with Crippen molar-refractivity contribution in [1.82, 2.24) is 4.98 Å². The molecular weight excluding hydrogens is 348 g/mol. The first-order valence-electron chi connectivity index (χ1n) is 8.99. The quantitative estimate of drug-likeness (QED) is 0.495. The highest BCUT2D eigenvalue weighted by molar-refractivity contribution is 6.12. The van der Waals surface area contributed by atoms with Gasteiger partial charge in [0.25, 0.3) is 5.91 Å². The number of anilines is 1. The summed E-state index contributed by atoms with van der Waals surface area (Å²) in [6.45, 7) is 1.49. The van der Waals surface area contributed by atoms with E-state index in [9.17, 15) is 9.59 Å². The summed E-state index contributed by atoms with van der Waals surface area (Å²) >= 11 is 0. The van der Waals surface area contributed by atoms with Gasteiger partial charge in [-0.05, 0) is 36.2 Å². The fourth-order valence-electron chi connectivity index (χ4n) is 3.22. The lowest BCUT2D eigenvalue weighted by atomic mass is 9.96. The van der Waals surface area contributed by atoms with Crippen LogP contribution < -0.4 is 5.32 Å². The minimum atomic E-state index is -0.278. The van der Waals surface area contributed by atoms with Gasteiger partial charge in [-0.25, -0.2) is 0 Å². The molecule has 0 atom stereocenters. The first kappa shape index (κ1) is 17.6. The SMILES string of the molecule is CC(=O)c1ccc(-c2ccccc2)c(C(=O)Nc2cccc3cccnc23)c1. The Morgan fingerprint density at radius 1 is 0.857 bits per heavy atom. The second kappa shape index (κ2) is 7.45. The fourth-order valence-corrected chi connectivity index (χ4v) is 3.22. The van der Waals surface area contributed by atoms with Gasteiger partial charge < -0.3 is 5.32 Å². The van der Waals surface area contributed by atoms with Crippen molar-refractivity contribution in [3.63, 3.8) is 0 Å². The normalized spacial score (nSPS) is 10.6. The summed E-state index contributed by atoms with van der Waals surface area (Å²) in [6, 6.07) is 24.3. The third kappa shape index (κ3) is 3.40. The molecular formula is C24H18N2O2. The van der Waals surface area contributed by atoms with Crippen molar-refractivity contribution in [2.45, 2.75) is 6.92 Å². The van der Waals surface area contributed by atoms with Crippen molar-refractivity contribution in [1.29, 1.82) is 0 Å². The summed E-state index contributed by atoms with van der Waals surface area (Å²) < 4.78 is 0. The molecule has 1 heterocycles. The largest absolute Gasteiger partial charge is 0.320 e. The topological polar surface area (TPSA) is 59.1 Å². The molecule has 136 valence electrons. The Morgan fingerprint density at radius 2 is 1.64 bits per heavy atom. The first-order valence-corrected chi connectivity index (χ1v) is 8.99. The Kier molecular flexibility index (Phi) is 4.68. The van der Waals surface area contributed by atoms with Gasteiger partial charge in [0.1, 0.15) is 0 Å². The van der Waals surface area contributed by atoms with E-state index in [-0.39, 0.29) is 11.7 Å². The highest BCUT2D eigenvalue weighted by Crippen LogP contribution is 2.27. The number of para-hydroxylation sites is 1. The third-order valence-electron chi connectivity index (χ3n) is 4.64. The molecule has 4 aromatic rings. The van der Waals surface area contributed by atoms with Crippen molar-refractivity contribution in [3.8, 4) is 11.1 Å². The van der Waals surface area contributed by atoms with Crippen LogP contribution in [0.4, 0.5) is 5.69 Å². The van der Waals surface area contributed by atoms with Crippen LogP contribution in [0.15, 0.2) is 85.1 Å². The molecule has 0 aliphatic rings. The molecule has 4 heteroatoms. The standard InChI is InChI=1S/C24H18N2O2/c1-16(27)19-12-13-20(17-7-3-2-4-8-17)21(15-19)24(28)26-22-11-5-9-18-10-6-14-25-23(18)22/h2-15H,1H3,(H,26,28). The van der Waals surface area contributed by atoms with E-state index < -0.39 is 0 Å². The molecule has 28 heavy (non-hydrogen) atoms. The summed E-state index contributed by atoms with van der Waals surface area (Å²) in [5.74, 6) is -0.361. The summed E-state index contributed by atoms with van der Waals surface area (Å²) in [5.41, 5.74) is 4.00. The molecule has 0 saturated heterocycles. The molecule has 0 spiro atoms. The maximum atomic E-state index is 13.2. The number of hydrogen-bond acceptors (Lipinski definition) is 3. The Hall–Kier alpha value is -3.79. The monoisotopic (exact) mass is 366 g/mol. The Bertz CT molecular complexity index is 1180. The Balaban J connectivity index is 1.79. The van der Waals surface area contributed by atoms with E-state index in [1.54, 1.807) is 18.3 Å². The molecule has 1 aromatic heterocycles. The van der Waals surface area contributed by atoms with E-state index in [0.29, 0.717) is 16.8 Å². The number of nitrogens with one attached hydrogen (secondary N) is 1. The predicted molar refractivity (Wildman–Crippen MR) is 112 cm³/mol. The van der Waals surface area contributed by atoms with Crippen LogP contribution >= 0.6 is 0 Å². The number of aromatic nitrogens is 1. The van der Waals surface area contributed by atoms with Gasteiger partial charge in [0, 0.05) is 22.7 Å². The lowest BCUT2D eigenvalue weighted by molar-refractivity contribution is 0.101. The van der Waals surface area contributed by atoms with Gasteiger partial charge in [0.05, 0.1) is 11.2 Å². The molecule has 4 rings (SSSR count). The van der Waals surface area contributed by atoms with Gasteiger partial charge in [0.2, 0.25) is 0 Å². The van der Waals surface area contributed by atoms with Gasteiger partial charge in [-0.2, -0.15) is 0 Å². The van der Waals surface area contributed by atoms with Gasteiger partial charge in [-0.15, -0.1) is 0 Å². The summed E-state index contributed by atoms with van der Waals surface area (Å²) in [4.78, 5) is 29.4. The second-order valence-electron chi connectivity index (χ2n) is 6.52. The number of ketones is 1. The van der Waals surface area contributed by atoms with E-state index in [1.807, 2.05) is 66.7 Å². The predicted octanol–water partition coefficient (Wildman–Crippen LogP) is 5.36. The number of benzene rings is 3. The fraction of sp³-hybridized carbons (Fsp3) is 0.0417. The lowest BCUT2D eigenvalue weighted by Crippen LogP contribution is -2.14. The van der Waals surface area contributed by atoms with Crippen molar-refractivity contribution in [3.05, 3.63) is 96.2 Å². The number of carbonyl (C=O) groups is 2. The molecule has 0 aliphatic carbocycles. The zero-order valence-electron chi connectivity index (χ0n) is 15.3. The number of pyridine rings is 1. The smallest absolute Gasteiger partial charge is 0.256 e. The lowest BCUT2D eigenvalue weighted by Gasteiger charge is -2.13. The first-order chi connectivity index (χ1) is 13.6. The van der Waals surface area contributed by atoms with E-state index in [4.69, 9.17) is 0 Å². The molecule has 0 aliphatic heterocycles. The van der Waals surface area contributed by atoms with Crippen molar-refractivity contribution in [2.24, 2.45) is 0 Å². The number of hydrogen-bond donors (Lipinski definition) is 1.